The molecule has 140 valence electrons. The minimum absolute atomic E-state index is 0.120. The Morgan fingerprint density at radius 2 is 1.58 bits per heavy atom. The number of hydrogen-bond acceptors (Lipinski definition) is 3. The minimum Gasteiger partial charge on any atom is -0.316 e. The van der Waals surface area contributed by atoms with Crippen LogP contribution in [0, 0.1) is 0 Å². The average Bonchev–Trinajstić information content (AvgIpc) is 3.04. The predicted octanol–water partition coefficient (Wildman–Crippen LogP) is 5.65. The van der Waals surface area contributed by atoms with Crippen LogP contribution in [0.3, 0.4) is 0 Å². The van der Waals surface area contributed by atoms with Crippen molar-refractivity contribution in [1.29, 1.82) is 0 Å². The van der Waals surface area contributed by atoms with Gasteiger partial charge < -0.3 is 5.73 Å². The standard InChI is InChI=1S/C21H41N3/c1-3-4-5-6-7-8-9-10-11-12-13-14-15-16-17-21-23-18-19-24(21)20(2)22/h10-11,18,20-21H,3-9,12-17,19,22H2,1-2H3/b11-10+. The summed E-state index contributed by atoms with van der Waals surface area (Å²) in [5, 5.41) is 0. The zero-order chi connectivity index (χ0) is 17.5. The second-order valence-electron chi connectivity index (χ2n) is 7.27. The summed E-state index contributed by atoms with van der Waals surface area (Å²) in [5.41, 5.74) is 5.98. The van der Waals surface area contributed by atoms with Crippen LogP contribution in [0.2, 0.25) is 0 Å². The summed E-state index contributed by atoms with van der Waals surface area (Å²) >= 11 is 0. The van der Waals surface area contributed by atoms with Gasteiger partial charge in [-0.1, -0.05) is 64.0 Å². The largest absolute Gasteiger partial charge is 0.316 e. The third-order valence-electron chi connectivity index (χ3n) is 4.95. The number of rotatable bonds is 15. The molecule has 0 radical (unpaired) electrons. The predicted molar refractivity (Wildman–Crippen MR) is 107 cm³/mol. The number of nitrogens with two attached hydrogens (primary N) is 1. The van der Waals surface area contributed by atoms with Gasteiger partial charge in [-0.25, -0.2) is 0 Å². The normalized spacial score (nSPS) is 19.5. The van der Waals surface area contributed by atoms with Crippen LogP contribution in [0.15, 0.2) is 17.1 Å². The zero-order valence-electron chi connectivity index (χ0n) is 16.3. The molecule has 0 aliphatic carbocycles. The van der Waals surface area contributed by atoms with Gasteiger partial charge in [-0.2, -0.15) is 0 Å². The van der Waals surface area contributed by atoms with Crippen molar-refractivity contribution in [1.82, 2.24) is 4.90 Å². The minimum atomic E-state index is 0.120. The maximum atomic E-state index is 5.98. The molecule has 0 fully saturated rings. The molecule has 1 aliphatic heterocycles. The smallest absolute Gasteiger partial charge is 0.103 e. The van der Waals surface area contributed by atoms with E-state index in [0.29, 0.717) is 6.17 Å². The Bertz CT molecular complexity index is 336. The first-order valence-corrected chi connectivity index (χ1v) is 10.4. The monoisotopic (exact) mass is 335 g/mol. The Hall–Kier alpha value is -0.670. The average molecular weight is 336 g/mol. The van der Waals surface area contributed by atoms with E-state index >= 15 is 0 Å². The third-order valence-corrected chi connectivity index (χ3v) is 4.95. The molecule has 2 atom stereocenters. The molecule has 1 rings (SSSR count). The Labute approximate surface area is 150 Å². The Kier molecular flexibility index (Phi) is 13.1. The molecule has 2 unspecified atom stereocenters. The first-order valence-electron chi connectivity index (χ1n) is 10.4. The molecule has 0 aromatic carbocycles. The van der Waals surface area contributed by atoms with Crippen molar-refractivity contribution in [3.63, 3.8) is 0 Å². The molecule has 1 heterocycles. The van der Waals surface area contributed by atoms with Crippen LogP contribution in [0.5, 0.6) is 0 Å². The van der Waals surface area contributed by atoms with Crippen LogP contribution in [0.1, 0.15) is 97.3 Å². The van der Waals surface area contributed by atoms with Gasteiger partial charge in [0.05, 0.1) is 6.17 Å². The van der Waals surface area contributed by atoms with Crippen molar-refractivity contribution >= 4 is 6.21 Å². The van der Waals surface area contributed by atoms with Gasteiger partial charge in [0.15, 0.2) is 0 Å². The quantitative estimate of drug-likeness (QED) is 0.310. The Morgan fingerprint density at radius 3 is 2.21 bits per heavy atom. The van der Waals surface area contributed by atoms with E-state index in [4.69, 9.17) is 5.73 Å². The highest BCUT2D eigenvalue weighted by molar-refractivity contribution is 5.62. The van der Waals surface area contributed by atoms with E-state index in [1.165, 1.54) is 77.0 Å². The highest BCUT2D eigenvalue weighted by Gasteiger charge is 2.22. The molecule has 0 amide bonds. The second-order valence-corrected chi connectivity index (χ2v) is 7.27. The highest BCUT2D eigenvalue weighted by atomic mass is 15.3. The third kappa shape index (κ3) is 10.2. The molecule has 0 aromatic rings. The fourth-order valence-electron chi connectivity index (χ4n) is 3.37. The summed E-state index contributed by atoms with van der Waals surface area (Å²) in [6, 6.07) is 0. The Balaban J connectivity index is 1.85. The molecule has 24 heavy (non-hydrogen) atoms. The summed E-state index contributed by atoms with van der Waals surface area (Å²) in [6.07, 6.45) is 24.6. The van der Waals surface area contributed by atoms with Crippen LogP contribution in [-0.2, 0) is 0 Å². The molecule has 0 aromatic heterocycles. The lowest BCUT2D eigenvalue weighted by Crippen LogP contribution is -2.43. The molecule has 3 heteroatoms. The molecular weight excluding hydrogens is 294 g/mol. The number of aliphatic imine (C=N–C) groups is 1. The number of unbranched alkanes of at least 4 members (excludes halogenated alkanes) is 10. The van der Waals surface area contributed by atoms with E-state index < -0.39 is 0 Å². The lowest BCUT2D eigenvalue weighted by atomic mass is 10.1. The van der Waals surface area contributed by atoms with Crippen molar-refractivity contribution in [3.05, 3.63) is 12.2 Å². The van der Waals surface area contributed by atoms with Gasteiger partial charge in [0.2, 0.25) is 0 Å². The van der Waals surface area contributed by atoms with Gasteiger partial charge in [-0.05, 0) is 45.4 Å². The van der Waals surface area contributed by atoms with Crippen molar-refractivity contribution in [2.45, 2.75) is 110 Å². The van der Waals surface area contributed by atoms with Crippen molar-refractivity contribution < 1.29 is 0 Å². The van der Waals surface area contributed by atoms with Gasteiger partial charge in [0.25, 0.3) is 0 Å². The second kappa shape index (κ2) is 14.7. The summed E-state index contributed by atoms with van der Waals surface area (Å²) in [7, 11) is 0. The van der Waals surface area contributed by atoms with E-state index in [1.54, 1.807) is 0 Å². The van der Waals surface area contributed by atoms with Gasteiger partial charge >= 0.3 is 0 Å². The summed E-state index contributed by atoms with van der Waals surface area (Å²) in [4.78, 5) is 6.83. The van der Waals surface area contributed by atoms with Crippen molar-refractivity contribution in [3.8, 4) is 0 Å². The van der Waals surface area contributed by atoms with Gasteiger partial charge in [-0.3, -0.25) is 9.89 Å². The summed E-state index contributed by atoms with van der Waals surface area (Å²) in [5.74, 6) is 0. The molecule has 0 saturated heterocycles. The van der Waals surface area contributed by atoms with Gasteiger partial charge in [-0.15, -0.1) is 0 Å². The topological polar surface area (TPSA) is 41.6 Å². The fourth-order valence-corrected chi connectivity index (χ4v) is 3.37. The van der Waals surface area contributed by atoms with Crippen LogP contribution in [0.4, 0.5) is 0 Å². The van der Waals surface area contributed by atoms with Crippen LogP contribution < -0.4 is 5.73 Å². The lowest BCUT2D eigenvalue weighted by Gasteiger charge is -2.26. The van der Waals surface area contributed by atoms with E-state index in [-0.39, 0.29) is 6.17 Å². The molecule has 2 N–H and O–H groups in total. The van der Waals surface area contributed by atoms with Gasteiger partial charge in [0.1, 0.15) is 6.17 Å². The summed E-state index contributed by atoms with van der Waals surface area (Å²) in [6.45, 7) is 5.26. The highest BCUT2D eigenvalue weighted by Crippen LogP contribution is 2.16. The molecule has 0 spiro atoms. The molecular formula is C21H41N3. The number of hydrogen-bond donors (Lipinski definition) is 1. The summed E-state index contributed by atoms with van der Waals surface area (Å²) < 4.78 is 0. The fraction of sp³-hybridized carbons (Fsp3) is 0.857. The van der Waals surface area contributed by atoms with Crippen molar-refractivity contribution in [2.75, 3.05) is 6.54 Å². The molecule has 3 nitrogen and oxygen atoms in total. The molecule has 0 saturated carbocycles. The van der Waals surface area contributed by atoms with Crippen molar-refractivity contribution in [2.24, 2.45) is 10.7 Å². The maximum Gasteiger partial charge on any atom is 0.103 e. The Morgan fingerprint density at radius 1 is 1.00 bits per heavy atom. The van der Waals surface area contributed by atoms with Crippen LogP contribution in [-0.4, -0.2) is 30.0 Å². The van der Waals surface area contributed by atoms with E-state index in [1.807, 2.05) is 6.21 Å². The SMILES string of the molecule is CCCCCCCC/C=C/CCCCCCC1N=CCN1C(C)N. The number of nitrogens with zero attached hydrogens (tertiary/aromatic N) is 2. The molecule has 0 bridgehead atoms. The van der Waals surface area contributed by atoms with E-state index in [2.05, 4.69) is 35.9 Å². The van der Waals surface area contributed by atoms with Crippen LogP contribution in [0.25, 0.3) is 0 Å². The zero-order valence-corrected chi connectivity index (χ0v) is 16.3. The maximum absolute atomic E-state index is 5.98. The molecule has 1 aliphatic rings. The first kappa shape index (κ1) is 21.4. The van der Waals surface area contributed by atoms with Crippen LogP contribution >= 0.6 is 0 Å². The first-order chi connectivity index (χ1) is 11.8. The van der Waals surface area contributed by atoms with E-state index in [9.17, 15) is 0 Å². The van der Waals surface area contributed by atoms with E-state index in [0.717, 1.165) is 13.0 Å². The number of allylic oxidation sites excluding steroid dienone is 2. The van der Waals surface area contributed by atoms with Gasteiger partial charge in [0, 0.05) is 12.8 Å². The lowest BCUT2D eigenvalue weighted by molar-refractivity contribution is 0.182.